The first-order valence-electron chi connectivity index (χ1n) is 7.75. The van der Waals surface area contributed by atoms with Crippen molar-refractivity contribution in [2.45, 2.75) is 37.6 Å². The number of imide groups is 1. The molecule has 2 aliphatic rings. The number of aliphatic hydroxyl groups excluding tert-OH is 1. The largest absolute Gasteiger partial charge is 0.381 e. The number of carbonyl (C=O) groups excluding carboxylic acids is 2. The van der Waals surface area contributed by atoms with Crippen molar-refractivity contribution in [3.05, 3.63) is 29.0 Å². The van der Waals surface area contributed by atoms with Crippen LogP contribution in [0.1, 0.15) is 35.6 Å². The van der Waals surface area contributed by atoms with E-state index in [-0.39, 0.29) is 24.6 Å². The molecule has 7 nitrogen and oxygen atoms in total. The van der Waals surface area contributed by atoms with E-state index in [9.17, 15) is 9.59 Å². The Morgan fingerprint density at radius 3 is 3.00 bits per heavy atom. The lowest BCUT2D eigenvalue weighted by atomic mass is 9.92. The van der Waals surface area contributed by atoms with Crippen molar-refractivity contribution in [2.75, 3.05) is 6.73 Å². The van der Waals surface area contributed by atoms with E-state index in [0.717, 1.165) is 23.8 Å². The lowest BCUT2D eigenvalue weighted by Crippen LogP contribution is -2.39. The summed E-state index contributed by atoms with van der Waals surface area (Å²) in [6.07, 6.45) is 2.37. The molecule has 1 aliphatic heterocycles. The monoisotopic (exact) mass is 315 g/mol. The molecule has 1 aromatic heterocycles. The fraction of sp³-hybridized carbons (Fsp3) is 0.438. The van der Waals surface area contributed by atoms with E-state index < -0.39 is 5.92 Å². The summed E-state index contributed by atoms with van der Waals surface area (Å²) in [7, 11) is 0. The molecule has 0 saturated carbocycles. The predicted molar refractivity (Wildman–Crippen MR) is 80.6 cm³/mol. The Balaban J connectivity index is 1.71. The highest BCUT2D eigenvalue weighted by molar-refractivity contribution is 6.02. The molecule has 2 heterocycles. The fourth-order valence-electron chi connectivity index (χ4n) is 3.60. The van der Waals surface area contributed by atoms with Crippen LogP contribution >= 0.6 is 0 Å². The average molecular weight is 315 g/mol. The number of benzene rings is 1. The summed E-state index contributed by atoms with van der Waals surface area (Å²) in [5.41, 5.74) is 3.57. The molecule has 1 aliphatic carbocycles. The van der Waals surface area contributed by atoms with E-state index in [4.69, 9.17) is 9.63 Å². The molecule has 7 heteroatoms. The first-order chi connectivity index (χ1) is 11.2. The van der Waals surface area contributed by atoms with Gasteiger partial charge in [0.15, 0.2) is 5.58 Å². The number of hydrogen-bond donors (Lipinski definition) is 3. The minimum Gasteiger partial charge on any atom is -0.381 e. The summed E-state index contributed by atoms with van der Waals surface area (Å²) in [4.78, 5) is 23.4. The van der Waals surface area contributed by atoms with Gasteiger partial charge in [0.05, 0.1) is 12.6 Å². The molecule has 23 heavy (non-hydrogen) atoms. The Kier molecular flexibility index (Phi) is 3.39. The lowest BCUT2D eigenvalue weighted by molar-refractivity contribution is -0.134. The topological polar surface area (TPSA) is 104 Å². The Morgan fingerprint density at radius 2 is 2.22 bits per heavy atom. The van der Waals surface area contributed by atoms with Crippen LogP contribution in [-0.2, 0) is 22.4 Å². The highest BCUT2D eigenvalue weighted by Crippen LogP contribution is 2.35. The van der Waals surface area contributed by atoms with Crippen LogP contribution < -0.4 is 10.6 Å². The number of piperidine rings is 1. The second-order valence-corrected chi connectivity index (χ2v) is 6.12. The Labute approximate surface area is 132 Å². The molecule has 1 fully saturated rings. The molecular weight excluding hydrogens is 298 g/mol. The SMILES string of the molecule is O=C1CCC(c2noc3c4c(ccc23)CC(NCO)C4)C(=O)N1. The van der Waals surface area contributed by atoms with E-state index in [1.807, 2.05) is 12.1 Å². The maximum atomic E-state index is 12.1. The molecule has 2 unspecified atom stereocenters. The van der Waals surface area contributed by atoms with E-state index >= 15 is 0 Å². The summed E-state index contributed by atoms with van der Waals surface area (Å²) >= 11 is 0. The number of aliphatic hydroxyl groups is 1. The van der Waals surface area contributed by atoms with Crippen LogP contribution in [-0.4, -0.2) is 34.9 Å². The second kappa shape index (κ2) is 5.43. The van der Waals surface area contributed by atoms with E-state index in [1.165, 1.54) is 5.56 Å². The molecule has 1 saturated heterocycles. The number of aromatic nitrogens is 1. The van der Waals surface area contributed by atoms with Gasteiger partial charge in [-0.15, -0.1) is 0 Å². The summed E-state index contributed by atoms with van der Waals surface area (Å²) in [5.74, 6) is -0.991. The van der Waals surface area contributed by atoms with Crippen LogP contribution in [0.3, 0.4) is 0 Å². The van der Waals surface area contributed by atoms with Gasteiger partial charge in [-0.3, -0.25) is 20.2 Å². The average Bonchev–Trinajstić information content (AvgIpc) is 3.10. The van der Waals surface area contributed by atoms with Gasteiger partial charge in [0, 0.05) is 23.4 Å². The number of fused-ring (bicyclic) bond motifs is 3. The number of amides is 2. The van der Waals surface area contributed by atoms with Crippen molar-refractivity contribution in [3.63, 3.8) is 0 Å². The third-order valence-electron chi connectivity index (χ3n) is 4.73. The van der Waals surface area contributed by atoms with Gasteiger partial charge in [-0.05, 0) is 30.9 Å². The molecule has 3 N–H and O–H groups in total. The summed E-state index contributed by atoms with van der Waals surface area (Å²) < 4.78 is 5.54. The highest BCUT2D eigenvalue weighted by atomic mass is 16.5. The van der Waals surface area contributed by atoms with E-state index in [0.29, 0.717) is 24.1 Å². The van der Waals surface area contributed by atoms with E-state index in [1.54, 1.807) is 0 Å². The summed E-state index contributed by atoms with van der Waals surface area (Å²) in [6.45, 7) is -0.0558. The minimum absolute atomic E-state index is 0.0558. The molecule has 1 aromatic carbocycles. The van der Waals surface area contributed by atoms with Gasteiger partial charge in [0.25, 0.3) is 0 Å². The molecule has 0 spiro atoms. The first-order valence-corrected chi connectivity index (χ1v) is 7.75. The summed E-state index contributed by atoms with van der Waals surface area (Å²) in [5, 5.41) is 19.4. The maximum absolute atomic E-state index is 12.1. The van der Waals surface area contributed by atoms with Gasteiger partial charge < -0.3 is 9.63 Å². The van der Waals surface area contributed by atoms with Gasteiger partial charge in [0.1, 0.15) is 5.69 Å². The summed E-state index contributed by atoms with van der Waals surface area (Å²) in [6, 6.07) is 4.15. The van der Waals surface area contributed by atoms with Gasteiger partial charge in [-0.2, -0.15) is 0 Å². The number of nitrogens with one attached hydrogen (secondary N) is 2. The molecule has 2 aromatic rings. The van der Waals surface area contributed by atoms with Crippen LogP contribution in [0.15, 0.2) is 16.7 Å². The zero-order valence-electron chi connectivity index (χ0n) is 12.5. The molecule has 120 valence electrons. The van der Waals surface area contributed by atoms with Crippen LogP contribution in [0.2, 0.25) is 0 Å². The zero-order valence-corrected chi connectivity index (χ0v) is 12.5. The number of carbonyl (C=O) groups is 2. The normalized spacial score (nSPS) is 24.0. The Morgan fingerprint density at radius 1 is 1.35 bits per heavy atom. The number of hydrogen-bond acceptors (Lipinski definition) is 6. The smallest absolute Gasteiger partial charge is 0.235 e. The van der Waals surface area contributed by atoms with Crippen molar-refractivity contribution < 1.29 is 19.2 Å². The standard InChI is InChI=1S/C16H17N3O4/c20-7-17-9-5-8-1-2-10-14(19-23-15(10)12(8)6-9)11-3-4-13(21)18-16(11)22/h1-2,9,11,17,20H,3-7H2,(H,18,21,22). The quantitative estimate of drug-likeness (QED) is 0.558. The van der Waals surface area contributed by atoms with Crippen LogP contribution in [0.25, 0.3) is 11.0 Å². The van der Waals surface area contributed by atoms with Crippen LogP contribution in [0.5, 0.6) is 0 Å². The van der Waals surface area contributed by atoms with Crippen LogP contribution in [0, 0.1) is 0 Å². The zero-order chi connectivity index (χ0) is 16.0. The first kappa shape index (κ1) is 14.3. The number of rotatable bonds is 3. The fourth-order valence-corrected chi connectivity index (χ4v) is 3.60. The maximum Gasteiger partial charge on any atom is 0.235 e. The van der Waals surface area contributed by atoms with Gasteiger partial charge in [0.2, 0.25) is 11.8 Å². The Bertz CT molecular complexity index is 798. The predicted octanol–water partition coefficient (Wildman–Crippen LogP) is 0.355. The number of nitrogens with zero attached hydrogens (tertiary/aromatic N) is 1. The van der Waals surface area contributed by atoms with Crippen molar-refractivity contribution in [3.8, 4) is 0 Å². The minimum atomic E-state index is -0.445. The molecule has 2 amide bonds. The van der Waals surface area contributed by atoms with Gasteiger partial charge in [-0.1, -0.05) is 11.2 Å². The molecular formula is C16H17N3O4. The Hall–Kier alpha value is -2.25. The second-order valence-electron chi connectivity index (χ2n) is 6.12. The highest BCUT2D eigenvalue weighted by Gasteiger charge is 2.33. The molecule has 0 radical (unpaired) electrons. The molecule has 2 atom stereocenters. The molecule has 4 rings (SSSR count). The lowest BCUT2D eigenvalue weighted by Gasteiger charge is -2.18. The van der Waals surface area contributed by atoms with Crippen molar-refractivity contribution in [1.29, 1.82) is 0 Å². The van der Waals surface area contributed by atoms with E-state index in [2.05, 4.69) is 15.8 Å². The third kappa shape index (κ3) is 2.32. The van der Waals surface area contributed by atoms with Crippen molar-refractivity contribution in [1.82, 2.24) is 15.8 Å². The van der Waals surface area contributed by atoms with Gasteiger partial charge in [-0.25, -0.2) is 0 Å². The molecule has 0 bridgehead atoms. The van der Waals surface area contributed by atoms with Crippen molar-refractivity contribution >= 4 is 22.8 Å². The third-order valence-corrected chi connectivity index (χ3v) is 4.73. The van der Waals surface area contributed by atoms with Crippen LogP contribution in [0.4, 0.5) is 0 Å². The van der Waals surface area contributed by atoms with Gasteiger partial charge >= 0.3 is 0 Å². The van der Waals surface area contributed by atoms with Crippen molar-refractivity contribution in [2.24, 2.45) is 0 Å².